The maximum Gasteiger partial charge on any atom is 0.219 e. The summed E-state index contributed by atoms with van der Waals surface area (Å²) >= 11 is 0. The van der Waals surface area contributed by atoms with Crippen molar-refractivity contribution < 1.29 is 9.53 Å². The van der Waals surface area contributed by atoms with Gasteiger partial charge in [-0.1, -0.05) is 13.0 Å². The van der Waals surface area contributed by atoms with Crippen LogP contribution in [-0.2, 0) is 4.79 Å². The Balaban J connectivity index is 1.84. The van der Waals surface area contributed by atoms with Crippen molar-refractivity contribution in [2.75, 3.05) is 46.9 Å². The van der Waals surface area contributed by atoms with Gasteiger partial charge in [-0.15, -0.1) is 0 Å². The van der Waals surface area contributed by atoms with E-state index in [0.29, 0.717) is 18.4 Å². The first-order valence-electron chi connectivity index (χ1n) is 10.7. The third kappa shape index (κ3) is 6.21. The third-order valence-electron chi connectivity index (χ3n) is 5.93. The van der Waals surface area contributed by atoms with Gasteiger partial charge in [0.2, 0.25) is 5.91 Å². The minimum absolute atomic E-state index is 0.148. The molecule has 5 heteroatoms. The van der Waals surface area contributed by atoms with Crippen molar-refractivity contribution in [3.63, 3.8) is 0 Å². The van der Waals surface area contributed by atoms with E-state index >= 15 is 0 Å². The van der Waals surface area contributed by atoms with Crippen LogP contribution in [0.15, 0.2) is 12.1 Å². The van der Waals surface area contributed by atoms with Crippen molar-refractivity contribution in [2.45, 2.75) is 53.0 Å². The molecule has 1 atom stereocenters. The van der Waals surface area contributed by atoms with E-state index in [1.54, 1.807) is 0 Å². The van der Waals surface area contributed by atoms with Gasteiger partial charge >= 0.3 is 0 Å². The molecule has 1 aromatic rings. The summed E-state index contributed by atoms with van der Waals surface area (Å²) in [6.07, 6.45) is 2.81. The summed E-state index contributed by atoms with van der Waals surface area (Å²) in [6.45, 7) is 13.3. The van der Waals surface area contributed by atoms with E-state index in [1.807, 2.05) is 6.92 Å². The number of nitrogens with one attached hydrogen (secondary N) is 1. The number of unbranched alkanes of at least 4 members (excludes halogenated alkanes) is 1. The second kappa shape index (κ2) is 10.8. The molecule has 1 amide bonds. The molecule has 0 saturated carbocycles. The van der Waals surface area contributed by atoms with E-state index in [4.69, 9.17) is 4.74 Å². The van der Waals surface area contributed by atoms with Gasteiger partial charge in [0.15, 0.2) is 0 Å². The van der Waals surface area contributed by atoms with Gasteiger partial charge in [-0.2, -0.15) is 0 Å². The molecule has 2 rings (SSSR count). The number of amides is 1. The van der Waals surface area contributed by atoms with Gasteiger partial charge in [-0.3, -0.25) is 9.69 Å². The van der Waals surface area contributed by atoms with Crippen LogP contribution < -0.4 is 10.1 Å². The average molecular weight is 390 g/mol. The number of ether oxygens (including phenoxy) is 1. The molecule has 1 N–H and O–H groups in total. The molecule has 0 bridgehead atoms. The fraction of sp³-hybridized carbons (Fsp3) is 0.696. The molecule has 1 unspecified atom stereocenters. The van der Waals surface area contributed by atoms with Gasteiger partial charge in [0.1, 0.15) is 5.75 Å². The fourth-order valence-corrected chi connectivity index (χ4v) is 3.77. The SMILES string of the molecule is CCC(=O)NCC1CN(C(C)c2ccc(OCCCCN(C)C)c(C)c2C)C1. The molecule has 0 aliphatic carbocycles. The Morgan fingerprint density at radius 1 is 1.25 bits per heavy atom. The highest BCUT2D eigenvalue weighted by molar-refractivity contribution is 5.75. The van der Waals surface area contributed by atoms with Crippen molar-refractivity contribution in [1.29, 1.82) is 0 Å². The highest BCUT2D eigenvalue weighted by Crippen LogP contribution is 2.34. The summed E-state index contributed by atoms with van der Waals surface area (Å²) in [7, 11) is 4.21. The van der Waals surface area contributed by atoms with Crippen LogP contribution in [0.25, 0.3) is 0 Å². The number of carbonyl (C=O) groups excluding carboxylic acids is 1. The Labute approximate surface area is 171 Å². The molecule has 28 heavy (non-hydrogen) atoms. The van der Waals surface area contributed by atoms with Crippen LogP contribution in [0.3, 0.4) is 0 Å². The Bertz CT molecular complexity index is 639. The topological polar surface area (TPSA) is 44.8 Å². The van der Waals surface area contributed by atoms with Gasteiger partial charge in [0.25, 0.3) is 0 Å². The Hall–Kier alpha value is -1.59. The molecule has 1 aromatic carbocycles. The first-order valence-corrected chi connectivity index (χ1v) is 10.7. The van der Waals surface area contributed by atoms with Crippen molar-refractivity contribution >= 4 is 5.91 Å². The zero-order valence-corrected chi connectivity index (χ0v) is 18.7. The Kier molecular flexibility index (Phi) is 8.77. The van der Waals surface area contributed by atoms with E-state index in [0.717, 1.165) is 51.4 Å². The van der Waals surface area contributed by atoms with Crippen LogP contribution in [0.1, 0.15) is 55.8 Å². The number of hydrogen-bond acceptors (Lipinski definition) is 4. The summed E-state index contributed by atoms with van der Waals surface area (Å²) in [5, 5.41) is 3.01. The van der Waals surface area contributed by atoms with Crippen molar-refractivity contribution in [3.05, 3.63) is 28.8 Å². The lowest BCUT2D eigenvalue weighted by molar-refractivity contribution is -0.121. The van der Waals surface area contributed by atoms with Gasteiger partial charge in [-0.05, 0) is 77.0 Å². The van der Waals surface area contributed by atoms with Gasteiger partial charge < -0.3 is 15.0 Å². The number of nitrogens with zero attached hydrogens (tertiary/aromatic N) is 2. The van der Waals surface area contributed by atoms with E-state index in [-0.39, 0.29) is 5.91 Å². The second-order valence-corrected chi connectivity index (χ2v) is 8.42. The minimum Gasteiger partial charge on any atom is -0.493 e. The maximum absolute atomic E-state index is 11.4. The molecular formula is C23H39N3O2. The molecule has 1 heterocycles. The summed E-state index contributed by atoms with van der Waals surface area (Å²) in [6, 6.07) is 4.76. The highest BCUT2D eigenvalue weighted by atomic mass is 16.5. The van der Waals surface area contributed by atoms with Crippen molar-refractivity contribution in [2.24, 2.45) is 5.92 Å². The van der Waals surface area contributed by atoms with E-state index in [1.165, 1.54) is 16.7 Å². The van der Waals surface area contributed by atoms with Gasteiger partial charge in [0, 0.05) is 38.0 Å². The quantitative estimate of drug-likeness (QED) is 0.588. The second-order valence-electron chi connectivity index (χ2n) is 8.42. The molecule has 158 valence electrons. The standard InChI is InChI=1S/C23H39N3O2/c1-7-23(27)24-14-20-15-26(16-20)19(4)21-10-11-22(18(3)17(21)2)28-13-9-8-12-25(5)6/h10-11,19-20H,7-9,12-16H2,1-6H3,(H,24,27). The summed E-state index contributed by atoms with van der Waals surface area (Å²) in [5.41, 5.74) is 3.97. The van der Waals surface area contributed by atoms with Crippen LogP contribution in [0.5, 0.6) is 5.75 Å². The molecular weight excluding hydrogens is 350 g/mol. The van der Waals surface area contributed by atoms with Crippen LogP contribution in [0.2, 0.25) is 0 Å². The van der Waals surface area contributed by atoms with E-state index < -0.39 is 0 Å². The van der Waals surface area contributed by atoms with Crippen LogP contribution >= 0.6 is 0 Å². The molecule has 5 nitrogen and oxygen atoms in total. The number of carbonyl (C=O) groups is 1. The molecule has 1 aliphatic heterocycles. The third-order valence-corrected chi connectivity index (χ3v) is 5.93. The fourth-order valence-electron chi connectivity index (χ4n) is 3.77. The lowest BCUT2D eigenvalue weighted by Crippen LogP contribution is -2.52. The van der Waals surface area contributed by atoms with Gasteiger partial charge in [0.05, 0.1) is 6.61 Å². The first kappa shape index (κ1) is 22.7. The smallest absolute Gasteiger partial charge is 0.219 e. The Morgan fingerprint density at radius 2 is 1.96 bits per heavy atom. The Morgan fingerprint density at radius 3 is 2.61 bits per heavy atom. The van der Waals surface area contributed by atoms with E-state index in [9.17, 15) is 4.79 Å². The van der Waals surface area contributed by atoms with Crippen LogP contribution in [-0.4, -0.2) is 62.6 Å². The number of likely N-dealkylation sites (tertiary alicyclic amines) is 1. The lowest BCUT2D eigenvalue weighted by Gasteiger charge is -2.44. The van der Waals surface area contributed by atoms with Crippen molar-refractivity contribution in [1.82, 2.24) is 15.1 Å². The maximum atomic E-state index is 11.4. The highest BCUT2D eigenvalue weighted by Gasteiger charge is 2.31. The molecule has 1 saturated heterocycles. The molecule has 0 aromatic heterocycles. The van der Waals surface area contributed by atoms with E-state index in [2.05, 4.69) is 62.1 Å². The number of benzene rings is 1. The van der Waals surface area contributed by atoms with Crippen LogP contribution in [0.4, 0.5) is 0 Å². The molecule has 1 fully saturated rings. The van der Waals surface area contributed by atoms with Crippen LogP contribution in [0, 0.1) is 19.8 Å². The summed E-state index contributed by atoms with van der Waals surface area (Å²) < 4.78 is 6.04. The zero-order chi connectivity index (χ0) is 20.7. The first-order chi connectivity index (χ1) is 13.3. The summed E-state index contributed by atoms with van der Waals surface area (Å²) in [4.78, 5) is 16.1. The number of rotatable bonds is 11. The largest absolute Gasteiger partial charge is 0.493 e. The predicted molar refractivity (Wildman–Crippen MR) is 116 cm³/mol. The normalized spacial score (nSPS) is 16.1. The average Bonchev–Trinajstić information content (AvgIpc) is 2.62. The van der Waals surface area contributed by atoms with Gasteiger partial charge in [-0.25, -0.2) is 0 Å². The van der Waals surface area contributed by atoms with Crippen molar-refractivity contribution in [3.8, 4) is 5.75 Å². The molecule has 1 aliphatic rings. The summed E-state index contributed by atoms with van der Waals surface area (Å²) in [5.74, 6) is 1.74. The molecule has 0 radical (unpaired) electrons. The number of hydrogen-bond donors (Lipinski definition) is 1. The monoisotopic (exact) mass is 389 g/mol. The minimum atomic E-state index is 0.148. The zero-order valence-electron chi connectivity index (χ0n) is 18.7. The predicted octanol–water partition coefficient (Wildman–Crippen LogP) is 3.54. The lowest BCUT2D eigenvalue weighted by atomic mass is 9.91. The molecule has 0 spiro atoms.